The van der Waals surface area contributed by atoms with E-state index in [0.717, 1.165) is 65.4 Å². The fourth-order valence-corrected chi connectivity index (χ4v) is 2.53. The van der Waals surface area contributed by atoms with E-state index in [9.17, 15) is 4.79 Å². The summed E-state index contributed by atoms with van der Waals surface area (Å²) in [7, 11) is 0. The lowest BCUT2D eigenvalue weighted by Crippen LogP contribution is -2.47. The van der Waals surface area contributed by atoms with E-state index in [-0.39, 0.29) is 5.92 Å². The average Bonchev–Trinajstić information content (AvgIpc) is 2.40. The fourth-order valence-electron chi connectivity index (χ4n) is 2.53. The van der Waals surface area contributed by atoms with Gasteiger partial charge in [-0.3, -0.25) is 9.69 Å². The number of ether oxygens (including phenoxy) is 1. The zero-order valence-corrected chi connectivity index (χ0v) is 11.4. The van der Waals surface area contributed by atoms with Crippen LogP contribution in [-0.4, -0.2) is 74.7 Å². The first-order chi connectivity index (χ1) is 8.77. The minimum absolute atomic E-state index is 0.106. The van der Waals surface area contributed by atoms with E-state index in [1.54, 1.807) is 0 Å². The summed E-state index contributed by atoms with van der Waals surface area (Å²) >= 11 is 0. The van der Waals surface area contributed by atoms with Crippen LogP contribution >= 0.6 is 0 Å². The van der Waals surface area contributed by atoms with Gasteiger partial charge in [-0.05, 0) is 13.0 Å². The highest BCUT2D eigenvalue weighted by Crippen LogP contribution is 2.06. The van der Waals surface area contributed by atoms with E-state index in [2.05, 4.69) is 10.2 Å². The summed E-state index contributed by atoms with van der Waals surface area (Å²) in [5.74, 6) is 0.408. The van der Waals surface area contributed by atoms with Crippen molar-refractivity contribution >= 4 is 5.91 Å². The maximum Gasteiger partial charge on any atom is 0.226 e. The molecule has 0 aromatic carbocycles. The van der Waals surface area contributed by atoms with Gasteiger partial charge in [0.2, 0.25) is 5.91 Å². The highest BCUT2D eigenvalue weighted by molar-refractivity contribution is 5.78. The number of hydrogen-bond donors (Lipinski definition) is 1. The number of carbonyl (C=O) groups is 1. The lowest BCUT2D eigenvalue weighted by Gasteiger charge is -2.32. The number of rotatable bonds is 3. The molecule has 0 radical (unpaired) electrons. The van der Waals surface area contributed by atoms with Gasteiger partial charge in [-0.15, -0.1) is 0 Å². The van der Waals surface area contributed by atoms with Crippen LogP contribution in [0.2, 0.25) is 0 Å². The minimum atomic E-state index is 0.106. The van der Waals surface area contributed by atoms with Crippen LogP contribution in [0.1, 0.15) is 13.3 Å². The highest BCUT2D eigenvalue weighted by Gasteiger charge is 2.22. The van der Waals surface area contributed by atoms with Gasteiger partial charge in [-0.25, -0.2) is 0 Å². The second-order valence-electron chi connectivity index (χ2n) is 5.24. The van der Waals surface area contributed by atoms with Crippen molar-refractivity contribution < 1.29 is 9.53 Å². The topological polar surface area (TPSA) is 44.8 Å². The Hall–Kier alpha value is -0.650. The minimum Gasteiger partial charge on any atom is -0.379 e. The monoisotopic (exact) mass is 255 g/mol. The summed E-state index contributed by atoms with van der Waals surface area (Å²) in [6, 6.07) is 0. The molecule has 0 bridgehead atoms. The maximum atomic E-state index is 12.2. The Bertz CT molecular complexity index is 267. The molecule has 2 rings (SSSR count). The first kappa shape index (κ1) is 13.8. The predicted octanol–water partition coefficient (Wildman–Crippen LogP) is -0.223. The van der Waals surface area contributed by atoms with Crippen LogP contribution in [0.4, 0.5) is 0 Å². The fraction of sp³-hybridized carbons (Fsp3) is 0.923. The van der Waals surface area contributed by atoms with Crippen molar-refractivity contribution in [3.05, 3.63) is 0 Å². The van der Waals surface area contributed by atoms with Crippen LogP contribution in [0.25, 0.3) is 0 Å². The van der Waals surface area contributed by atoms with Gasteiger partial charge >= 0.3 is 0 Å². The molecular formula is C13H25N3O2. The standard InChI is InChI=1S/C13H25N3O2/c1-12-11-14-3-2-4-16(13(12)17)6-5-15-7-9-18-10-8-15/h12,14H,2-11H2,1H3. The lowest BCUT2D eigenvalue weighted by molar-refractivity contribution is -0.135. The van der Waals surface area contributed by atoms with Crippen molar-refractivity contribution in [2.24, 2.45) is 5.92 Å². The number of morpholine rings is 1. The third kappa shape index (κ3) is 3.93. The molecule has 0 spiro atoms. The van der Waals surface area contributed by atoms with Crippen LogP contribution in [0.3, 0.4) is 0 Å². The van der Waals surface area contributed by atoms with Crippen molar-refractivity contribution in [1.29, 1.82) is 0 Å². The third-order valence-corrected chi connectivity index (χ3v) is 3.76. The van der Waals surface area contributed by atoms with E-state index in [4.69, 9.17) is 4.74 Å². The van der Waals surface area contributed by atoms with Gasteiger partial charge in [0.25, 0.3) is 0 Å². The lowest BCUT2D eigenvalue weighted by atomic mass is 10.1. The molecule has 2 aliphatic rings. The van der Waals surface area contributed by atoms with E-state index in [0.29, 0.717) is 5.91 Å². The first-order valence-electron chi connectivity index (χ1n) is 7.07. The van der Waals surface area contributed by atoms with Crippen LogP contribution in [0.15, 0.2) is 0 Å². The molecule has 1 amide bonds. The molecule has 104 valence electrons. The molecule has 5 nitrogen and oxygen atoms in total. The van der Waals surface area contributed by atoms with Gasteiger partial charge in [-0.2, -0.15) is 0 Å². The highest BCUT2D eigenvalue weighted by atomic mass is 16.5. The molecule has 0 aromatic heterocycles. The van der Waals surface area contributed by atoms with Crippen LogP contribution in [-0.2, 0) is 9.53 Å². The van der Waals surface area contributed by atoms with Gasteiger partial charge in [0.05, 0.1) is 13.2 Å². The molecule has 2 aliphatic heterocycles. The summed E-state index contributed by atoms with van der Waals surface area (Å²) in [4.78, 5) is 16.6. The molecule has 0 aromatic rings. The Morgan fingerprint density at radius 1 is 1.28 bits per heavy atom. The summed E-state index contributed by atoms with van der Waals surface area (Å²) in [5.41, 5.74) is 0. The van der Waals surface area contributed by atoms with Crippen LogP contribution in [0, 0.1) is 5.92 Å². The Labute approximate surface area is 109 Å². The summed E-state index contributed by atoms with van der Waals surface area (Å²) in [6.07, 6.45) is 1.06. The number of amides is 1. The SMILES string of the molecule is CC1CNCCCN(CCN2CCOCC2)C1=O. The Kier molecular flexibility index (Phi) is 5.41. The van der Waals surface area contributed by atoms with Crippen LogP contribution < -0.4 is 5.32 Å². The molecule has 5 heteroatoms. The van der Waals surface area contributed by atoms with Crippen molar-refractivity contribution in [1.82, 2.24) is 15.1 Å². The Morgan fingerprint density at radius 3 is 2.83 bits per heavy atom. The molecule has 1 atom stereocenters. The molecule has 0 saturated carbocycles. The third-order valence-electron chi connectivity index (χ3n) is 3.76. The zero-order chi connectivity index (χ0) is 12.8. The molecule has 2 heterocycles. The molecular weight excluding hydrogens is 230 g/mol. The molecule has 1 unspecified atom stereocenters. The molecule has 18 heavy (non-hydrogen) atoms. The second kappa shape index (κ2) is 7.07. The Morgan fingerprint density at radius 2 is 2.06 bits per heavy atom. The van der Waals surface area contributed by atoms with Gasteiger partial charge < -0.3 is 15.0 Å². The number of nitrogens with one attached hydrogen (secondary N) is 1. The van der Waals surface area contributed by atoms with Crippen molar-refractivity contribution in [3.63, 3.8) is 0 Å². The zero-order valence-electron chi connectivity index (χ0n) is 11.4. The van der Waals surface area contributed by atoms with Gasteiger partial charge in [0.15, 0.2) is 0 Å². The number of nitrogens with zero attached hydrogens (tertiary/aromatic N) is 2. The second-order valence-corrected chi connectivity index (χ2v) is 5.24. The molecule has 0 aliphatic carbocycles. The Balaban J connectivity index is 1.79. The summed E-state index contributed by atoms with van der Waals surface area (Å²) < 4.78 is 5.34. The van der Waals surface area contributed by atoms with Gasteiger partial charge in [0, 0.05) is 45.2 Å². The molecule has 1 N–H and O–H groups in total. The van der Waals surface area contributed by atoms with Crippen molar-refractivity contribution in [2.75, 3.05) is 59.0 Å². The van der Waals surface area contributed by atoms with Gasteiger partial charge in [0.1, 0.15) is 0 Å². The van der Waals surface area contributed by atoms with E-state index in [1.807, 2.05) is 11.8 Å². The smallest absolute Gasteiger partial charge is 0.226 e. The number of hydrogen-bond acceptors (Lipinski definition) is 4. The van der Waals surface area contributed by atoms with E-state index >= 15 is 0 Å². The van der Waals surface area contributed by atoms with Crippen LogP contribution in [0.5, 0.6) is 0 Å². The maximum absolute atomic E-state index is 12.2. The summed E-state index contributed by atoms with van der Waals surface area (Å²) in [6.45, 7) is 10.2. The van der Waals surface area contributed by atoms with Gasteiger partial charge in [-0.1, -0.05) is 6.92 Å². The van der Waals surface area contributed by atoms with E-state index < -0.39 is 0 Å². The van der Waals surface area contributed by atoms with Crippen molar-refractivity contribution in [2.45, 2.75) is 13.3 Å². The molecule has 2 fully saturated rings. The number of carbonyl (C=O) groups excluding carboxylic acids is 1. The normalized spacial score (nSPS) is 27.9. The quantitative estimate of drug-likeness (QED) is 0.757. The van der Waals surface area contributed by atoms with Crippen molar-refractivity contribution in [3.8, 4) is 0 Å². The predicted molar refractivity (Wildman–Crippen MR) is 70.5 cm³/mol. The first-order valence-corrected chi connectivity index (χ1v) is 7.07. The van der Waals surface area contributed by atoms with E-state index in [1.165, 1.54) is 0 Å². The largest absolute Gasteiger partial charge is 0.379 e. The average molecular weight is 255 g/mol. The molecule has 2 saturated heterocycles. The summed E-state index contributed by atoms with van der Waals surface area (Å²) in [5, 5.41) is 3.32.